The van der Waals surface area contributed by atoms with E-state index >= 15 is 0 Å². The Morgan fingerprint density at radius 2 is 0.522 bits per heavy atom. The summed E-state index contributed by atoms with van der Waals surface area (Å²) < 4.78 is 45.3. The zero-order valence-electron chi connectivity index (χ0n) is 30.9. The van der Waals surface area contributed by atoms with Crippen molar-refractivity contribution in [1.82, 2.24) is 0 Å². The number of hydrogen-bond acceptors (Lipinski definition) is 6. The van der Waals surface area contributed by atoms with Gasteiger partial charge >= 0.3 is 15.6 Å². The van der Waals surface area contributed by atoms with Gasteiger partial charge in [-0.1, -0.05) is 128 Å². The quantitative estimate of drug-likeness (QED) is 0.0382. The van der Waals surface area contributed by atoms with Gasteiger partial charge in [0.25, 0.3) is 0 Å². The van der Waals surface area contributed by atoms with Crippen LogP contribution in [0.4, 0.5) is 0 Å². The van der Waals surface area contributed by atoms with E-state index in [1.807, 2.05) is 42.3 Å². The van der Waals surface area contributed by atoms with E-state index in [-0.39, 0.29) is 26.4 Å². The van der Waals surface area contributed by atoms with Crippen LogP contribution in [0, 0.1) is 0 Å². The zero-order chi connectivity index (χ0) is 34.6. The van der Waals surface area contributed by atoms with Crippen LogP contribution < -0.4 is 0 Å². The molecule has 0 radical (unpaired) electrons. The van der Waals surface area contributed by atoms with E-state index in [2.05, 4.69) is 0 Å². The fourth-order valence-electron chi connectivity index (χ4n) is 5.03. The second kappa shape index (κ2) is 27.9. The summed E-state index contributed by atoms with van der Waals surface area (Å²) in [6.07, 6.45) is 27.3. The first-order valence-electron chi connectivity index (χ1n) is 18.5. The van der Waals surface area contributed by atoms with Crippen molar-refractivity contribution in [2.75, 3.05) is 81.8 Å². The monoisotopic (exact) mass is 703 g/mol. The molecule has 0 aliphatic rings. The Morgan fingerprint density at radius 1 is 0.348 bits per heavy atom. The topological polar surface area (TPSA) is 112 Å². The molecule has 0 rings (SSSR count). The van der Waals surface area contributed by atoms with Gasteiger partial charge in [0.05, 0.1) is 55.5 Å². The minimum atomic E-state index is -3.91. The first kappa shape index (κ1) is 46.1. The molecule has 0 amide bonds. The Kier molecular flexibility index (Phi) is 28.0. The Labute approximate surface area is 284 Å². The van der Waals surface area contributed by atoms with Crippen molar-refractivity contribution in [3.8, 4) is 0 Å². The SMILES string of the molecule is C[N+](C)(C)CCOP(=O)(O)OCCCCCCCCCCCCCCCCCCCCCCCCOP(=O)(O)OCC[N+](C)(C)C. The molecule has 2 unspecified atom stereocenters. The summed E-state index contributed by atoms with van der Waals surface area (Å²) >= 11 is 0. The molecule has 0 saturated heterocycles. The lowest BCUT2D eigenvalue weighted by Crippen LogP contribution is -2.37. The van der Waals surface area contributed by atoms with Crippen molar-refractivity contribution in [2.24, 2.45) is 0 Å². The van der Waals surface area contributed by atoms with Gasteiger partial charge in [-0.25, -0.2) is 9.13 Å². The van der Waals surface area contributed by atoms with Gasteiger partial charge in [0, 0.05) is 0 Å². The van der Waals surface area contributed by atoms with Crippen LogP contribution in [0.1, 0.15) is 141 Å². The molecule has 46 heavy (non-hydrogen) atoms. The molecule has 278 valence electrons. The van der Waals surface area contributed by atoms with Gasteiger partial charge in [-0.2, -0.15) is 0 Å². The summed E-state index contributed by atoms with van der Waals surface area (Å²) in [6.45, 7) is 2.32. The zero-order valence-corrected chi connectivity index (χ0v) is 32.7. The lowest BCUT2D eigenvalue weighted by molar-refractivity contribution is -0.870. The second-order valence-electron chi connectivity index (χ2n) is 15.1. The molecule has 0 aliphatic carbocycles. The van der Waals surface area contributed by atoms with Crippen molar-refractivity contribution in [3.63, 3.8) is 0 Å². The van der Waals surface area contributed by atoms with Crippen LogP contribution in [0.25, 0.3) is 0 Å². The van der Waals surface area contributed by atoms with Crippen LogP contribution in [0.5, 0.6) is 0 Å². The van der Waals surface area contributed by atoms with E-state index in [1.54, 1.807) is 0 Å². The van der Waals surface area contributed by atoms with Gasteiger partial charge in [-0.05, 0) is 12.8 Å². The maximum absolute atomic E-state index is 11.9. The average molecular weight is 703 g/mol. The molecular formula is C34H76N2O8P2+2. The van der Waals surface area contributed by atoms with Crippen molar-refractivity contribution in [1.29, 1.82) is 0 Å². The molecule has 2 N–H and O–H groups in total. The van der Waals surface area contributed by atoms with Gasteiger partial charge in [0.1, 0.15) is 26.3 Å². The van der Waals surface area contributed by atoms with E-state index in [4.69, 9.17) is 18.1 Å². The molecule has 2 atom stereocenters. The fraction of sp³-hybridized carbons (Fsp3) is 1.00. The Balaban J connectivity index is 3.29. The van der Waals surface area contributed by atoms with Gasteiger partial charge in [0.2, 0.25) is 0 Å². The van der Waals surface area contributed by atoms with Crippen LogP contribution >= 0.6 is 15.6 Å². The van der Waals surface area contributed by atoms with Gasteiger partial charge < -0.3 is 18.8 Å². The van der Waals surface area contributed by atoms with E-state index in [9.17, 15) is 18.9 Å². The molecule has 0 aromatic rings. The summed E-state index contributed by atoms with van der Waals surface area (Å²) in [5.74, 6) is 0. The van der Waals surface area contributed by atoms with Crippen molar-refractivity contribution >= 4 is 15.6 Å². The van der Waals surface area contributed by atoms with Gasteiger partial charge in [-0.15, -0.1) is 0 Å². The van der Waals surface area contributed by atoms with Crippen LogP contribution in [-0.4, -0.2) is 101 Å². The van der Waals surface area contributed by atoms with Gasteiger partial charge in [0.15, 0.2) is 0 Å². The Morgan fingerprint density at radius 3 is 0.717 bits per heavy atom. The predicted molar refractivity (Wildman–Crippen MR) is 191 cm³/mol. The molecule has 0 saturated carbocycles. The van der Waals surface area contributed by atoms with E-state index < -0.39 is 15.6 Å². The number of hydrogen-bond donors (Lipinski definition) is 2. The lowest BCUT2D eigenvalue weighted by Gasteiger charge is -2.24. The normalized spacial score (nSPS) is 15.2. The van der Waals surface area contributed by atoms with Crippen molar-refractivity contribution in [2.45, 2.75) is 141 Å². The fourth-order valence-corrected chi connectivity index (χ4v) is 6.53. The molecule has 12 heteroatoms. The lowest BCUT2D eigenvalue weighted by atomic mass is 10.0. The van der Waals surface area contributed by atoms with Crippen LogP contribution in [-0.2, 0) is 27.2 Å². The maximum atomic E-state index is 11.9. The number of phosphoric ester groups is 2. The molecule has 0 fully saturated rings. The van der Waals surface area contributed by atoms with Crippen molar-refractivity contribution in [3.05, 3.63) is 0 Å². The summed E-state index contributed by atoms with van der Waals surface area (Å²) in [5.41, 5.74) is 0. The smallest absolute Gasteiger partial charge is 0.329 e. The maximum Gasteiger partial charge on any atom is 0.472 e. The third kappa shape index (κ3) is 37.0. The highest BCUT2D eigenvalue weighted by Crippen LogP contribution is 2.44. The molecule has 0 spiro atoms. The highest BCUT2D eigenvalue weighted by molar-refractivity contribution is 7.47. The molecule has 0 aromatic carbocycles. The number of unbranched alkanes of at least 4 members (excludes halogenated alkanes) is 21. The highest BCUT2D eigenvalue weighted by Gasteiger charge is 2.23. The number of quaternary nitrogens is 2. The number of nitrogens with zero attached hydrogens (tertiary/aromatic N) is 2. The summed E-state index contributed by atoms with van der Waals surface area (Å²) in [4.78, 5) is 19.4. The predicted octanol–water partition coefficient (Wildman–Crippen LogP) is 9.25. The van der Waals surface area contributed by atoms with Crippen molar-refractivity contribution < 1.29 is 46.0 Å². The van der Waals surface area contributed by atoms with E-state index in [0.717, 1.165) is 38.5 Å². The number of phosphoric acid groups is 2. The third-order valence-corrected chi connectivity index (χ3v) is 10.1. The molecule has 0 aromatic heterocycles. The summed E-state index contributed by atoms with van der Waals surface area (Å²) in [6, 6.07) is 0. The standard InChI is InChI=1S/C34H74N2O8P2/c1-35(2,3)29-33-43-45(37,38)41-31-27-25-23-21-19-17-15-13-11-9-7-8-10-12-14-16-18-20-22-24-26-28-32-42-46(39,40)44-34-30-36(4,5)6/h7-34H2,1-6H3/p+2. The average Bonchev–Trinajstić information content (AvgIpc) is 2.93. The largest absolute Gasteiger partial charge is 0.472 e. The second-order valence-corrected chi connectivity index (χ2v) is 18.0. The summed E-state index contributed by atoms with van der Waals surface area (Å²) in [5, 5.41) is 0. The minimum absolute atomic E-state index is 0.218. The highest BCUT2D eigenvalue weighted by atomic mass is 31.2. The van der Waals surface area contributed by atoms with E-state index in [0.29, 0.717) is 22.1 Å². The Bertz CT molecular complexity index is 726. The molecule has 0 aliphatic heterocycles. The van der Waals surface area contributed by atoms with E-state index in [1.165, 1.54) is 103 Å². The molecular weight excluding hydrogens is 626 g/mol. The molecule has 10 nitrogen and oxygen atoms in total. The first-order valence-corrected chi connectivity index (χ1v) is 21.5. The van der Waals surface area contributed by atoms with Crippen LogP contribution in [0.2, 0.25) is 0 Å². The van der Waals surface area contributed by atoms with Gasteiger partial charge in [-0.3, -0.25) is 18.1 Å². The minimum Gasteiger partial charge on any atom is -0.329 e. The number of likely N-dealkylation sites (N-methyl/N-ethyl adjacent to an activating group) is 2. The third-order valence-electron chi connectivity index (χ3n) is 8.08. The molecule has 0 bridgehead atoms. The first-order chi connectivity index (χ1) is 21.6. The van der Waals surface area contributed by atoms with Crippen LogP contribution in [0.15, 0.2) is 0 Å². The summed E-state index contributed by atoms with van der Waals surface area (Å²) in [7, 11) is 4.26. The van der Waals surface area contributed by atoms with Crippen LogP contribution in [0.3, 0.4) is 0 Å². The Hall–Kier alpha value is 0.140. The molecule has 0 heterocycles. The number of rotatable bonds is 35.